The number of benzene rings is 2. The molecule has 0 spiro atoms. The molecule has 1 heterocycles. The van der Waals surface area contributed by atoms with Gasteiger partial charge in [0.2, 0.25) is 0 Å². The van der Waals surface area contributed by atoms with Crippen molar-refractivity contribution in [1.29, 1.82) is 0 Å². The van der Waals surface area contributed by atoms with Gasteiger partial charge < -0.3 is 19.9 Å². The number of hydrogen-bond donors (Lipinski definition) is 2. The number of carbonyl (C=O) groups is 2. The van der Waals surface area contributed by atoms with E-state index in [0.29, 0.717) is 13.2 Å². The van der Waals surface area contributed by atoms with Crippen molar-refractivity contribution in [1.82, 2.24) is 5.32 Å². The van der Waals surface area contributed by atoms with Gasteiger partial charge in [-0.25, -0.2) is 4.79 Å². The van der Waals surface area contributed by atoms with E-state index in [1.165, 1.54) is 11.1 Å². The maximum absolute atomic E-state index is 12.5. The Morgan fingerprint density at radius 3 is 2.34 bits per heavy atom. The monoisotopic (exact) mass is 395 g/mol. The van der Waals surface area contributed by atoms with Crippen molar-refractivity contribution in [3.05, 3.63) is 59.7 Å². The molecule has 2 aliphatic rings. The van der Waals surface area contributed by atoms with Gasteiger partial charge in [-0.05, 0) is 35.1 Å². The maximum Gasteiger partial charge on any atom is 0.407 e. The Bertz CT molecular complexity index is 845. The Morgan fingerprint density at radius 2 is 1.76 bits per heavy atom. The van der Waals surface area contributed by atoms with Crippen molar-refractivity contribution in [2.24, 2.45) is 5.92 Å². The lowest BCUT2D eigenvalue weighted by atomic mass is 9.91. The zero-order valence-corrected chi connectivity index (χ0v) is 16.2. The summed E-state index contributed by atoms with van der Waals surface area (Å²) in [5.74, 6) is -0.982. The zero-order chi connectivity index (χ0) is 20.2. The number of rotatable bonds is 6. The van der Waals surface area contributed by atoms with Crippen molar-refractivity contribution in [3.63, 3.8) is 0 Å². The number of alkyl carbamates (subject to hydrolysis) is 1. The van der Waals surface area contributed by atoms with Crippen LogP contribution in [0.3, 0.4) is 0 Å². The second kappa shape index (κ2) is 8.66. The summed E-state index contributed by atoms with van der Waals surface area (Å²) in [5, 5.41) is 12.0. The van der Waals surface area contributed by atoms with Crippen molar-refractivity contribution in [2.75, 3.05) is 19.8 Å². The highest BCUT2D eigenvalue weighted by Crippen LogP contribution is 2.44. The fourth-order valence-electron chi connectivity index (χ4n) is 4.40. The van der Waals surface area contributed by atoms with Crippen LogP contribution in [-0.4, -0.2) is 43.0 Å². The van der Waals surface area contributed by atoms with Gasteiger partial charge in [0.25, 0.3) is 0 Å². The average Bonchev–Trinajstić information content (AvgIpc) is 3.06. The van der Waals surface area contributed by atoms with Crippen LogP contribution in [-0.2, 0) is 14.3 Å². The molecule has 1 saturated heterocycles. The molecule has 0 aromatic heterocycles. The standard InChI is InChI=1S/C23H25NO5/c25-22(26)12-21(15-6-5-11-28-13-15)24-23(27)29-14-20-18-9-3-1-7-16(18)17-8-2-4-10-19(17)20/h1-4,7-10,15,20-21H,5-6,11-14H2,(H,24,27)(H,25,26). The van der Waals surface area contributed by atoms with Crippen molar-refractivity contribution >= 4 is 12.1 Å². The lowest BCUT2D eigenvalue weighted by Crippen LogP contribution is -2.45. The zero-order valence-electron chi connectivity index (χ0n) is 16.2. The minimum absolute atomic E-state index is 0.0136. The van der Waals surface area contributed by atoms with E-state index >= 15 is 0 Å². The molecule has 6 nitrogen and oxygen atoms in total. The van der Waals surface area contributed by atoms with Crippen LogP contribution in [0, 0.1) is 5.92 Å². The van der Waals surface area contributed by atoms with Gasteiger partial charge in [0.15, 0.2) is 0 Å². The highest BCUT2D eigenvalue weighted by molar-refractivity contribution is 5.79. The van der Waals surface area contributed by atoms with Gasteiger partial charge in [-0.3, -0.25) is 4.79 Å². The predicted molar refractivity (Wildman–Crippen MR) is 108 cm³/mol. The van der Waals surface area contributed by atoms with Gasteiger partial charge in [0.05, 0.1) is 13.0 Å². The summed E-state index contributed by atoms with van der Waals surface area (Å²) in [5.41, 5.74) is 4.62. The minimum atomic E-state index is -0.945. The first kappa shape index (κ1) is 19.5. The molecule has 1 fully saturated rings. The largest absolute Gasteiger partial charge is 0.481 e. The molecule has 4 rings (SSSR count). The number of carboxylic acids is 1. The van der Waals surface area contributed by atoms with E-state index < -0.39 is 18.1 Å². The Labute approximate surface area is 169 Å². The van der Waals surface area contributed by atoms with Crippen molar-refractivity contribution in [2.45, 2.75) is 31.2 Å². The Kier molecular flexibility index (Phi) is 5.81. The topological polar surface area (TPSA) is 84.9 Å². The summed E-state index contributed by atoms with van der Waals surface area (Å²) in [7, 11) is 0. The first-order chi connectivity index (χ1) is 14.1. The predicted octanol–water partition coefficient (Wildman–Crippen LogP) is 3.80. The molecule has 2 atom stereocenters. The second-order valence-corrected chi connectivity index (χ2v) is 7.65. The molecule has 6 heteroatoms. The summed E-state index contributed by atoms with van der Waals surface area (Å²) >= 11 is 0. The molecule has 29 heavy (non-hydrogen) atoms. The van der Waals surface area contributed by atoms with Crippen LogP contribution in [0.5, 0.6) is 0 Å². The fourth-order valence-corrected chi connectivity index (χ4v) is 4.40. The maximum atomic E-state index is 12.5. The van der Waals surface area contributed by atoms with E-state index in [4.69, 9.17) is 9.47 Å². The van der Waals surface area contributed by atoms with E-state index in [0.717, 1.165) is 24.0 Å². The van der Waals surface area contributed by atoms with Crippen LogP contribution >= 0.6 is 0 Å². The van der Waals surface area contributed by atoms with Crippen LogP contribution in [0.4, 0.5) is 4.79 Å². The quantitative estimate of drug-likeness (QED) is 0.777. The Morgan fingerprint density at radius 1 is 1.10 bits per heavy atom. The molecule has 2 unspecified atom stereocenters. The van der Waals surface area contributed by atoms with E-state index in [1.807, 2.05) is 24.3 Å². The van der Waals surface area contributed by atoms with E-state index in [2.05, 4.69) is 29.6 Å². The number of fused-ring (bicyclic) bond motifs is 3. The molecule has 0 bridgehead atoms. The molecule has 0 radical (unpaired) electrons. The first-order valence-electron chi connectivity index (χ1n) is 10.0. The van der Waals surface area contributed by atoms with Gasteiger partial charge in [-0.15, -0.1) is 0 Å². The van der Waals surface area contributed by atoms with Crippen LogP contribution < -0.4 is 5.32 Å². The molecule has 1 aliphatic heterocycles. The van der Waals surface area contributed by atoms with E-state index in [1.54, 1.807) is 0 Å². The fraction of sp³-hybridized carbons (Fsp3) is 0.391. The molecule has 1 aliphatic carbocycles. The highest BCUT2D eigenvalue weighted by atomic mass is 16.5. The Balaban J connectivity index is 1.43. The van der Waals surface area contributed by atoms with Gasteiger partial charge >= 0.3 is 12.1 Å². The third kappa shape index (κ3) is 4.27. The summed E-state index contributed by atoms with van der Waals surface area (Å²) in [4.78, 5) is 23.7. The number of carboxylic acid groups (broad SMARTS) is 1. The SMILES string of the molecule is O=C(O)CC(NC(=O)OCC1c2ccccc2-c2ccccc21)C1CCCOC1. The number of ether oxygens (including phenoxy) is 2. The first-order valence-corrected chi connectivity index (χ1v) is 10.0. The summed E-state index contributed by atoms with van der Waals surface area (Å²) in [6, 6.07) is 15.8. The third-order valence-electron chi connectivity index (χ3n) is 5.81. The third-order valence-corrected chi connectivity index (χ3v) is 5.81. The highest BCUT2D eigenvalue weighted by Gasteiger charge is 2.31. The molecule has 2 aromatic carbocycles. The smallest absolute Gasteiger partial charge is 0.407 e. The molecular formula is C23H25NO5. The van der Waals surface area contributed by atoms with Gasteiger partial charge in [-0.2, -0.15) is 0 Å². The lowest BCUT2D eigenvalue weighted by molar-refractivity contribution is -0.138. The molecule has 2 aromatic rings. The molecule has 2 N–H and O–H groups in total. The summed E-state index contributed by atoms with van der Waals surface area (Å²) in [6.07, 6.45) is 0.983. The summed E-state index contributed by atoms with van der Waals surface area (Å²) in [6.45, 7) is 1.35. The molecule has 0 saturated carbocycles. The van der Waals surface area contributed by atoms with E-state index in [-0.39, 0.29) is 24.9 Å². The van der Waals surface area contributed by atoms with Gasteiger partial charge in [0.1, 0.15) is 6.61 Å². The second-order valence-electron chi connectivity index (χ2n) is 7.65. The number of amides is 1. The molecular weight excluding hydrogens is 370 g/mol. The van der Waals surface area contributed by atoms with Crippen molar-refractivity contribution in [3.8, 4) is 11.1 Å². The summed E-state index contributed by atoms with van der Waals surface area (Å²) < 4.78 is 11.0. The van der Waals surface area contributed by atoms with Crippen LogP contribution in [0.25, 0.3) is 11.1 Å². The molecule has 1 amide bonds. The minimum Gasteiger partial charge on any atom is -0.481 e. The van der Waals surface area contributed by atoms with Crippen LogP contribution in [0.2, 0.25) is 0 Å². The normalized spacial score (nSPS) is 19.1. The van der Waals surface area contributed by atoms with Gasteiger partial charge in [-0.1, -0.05) is 48.5 Å². The van der Waals surface area contributed by atoms with Crippen molar-refractivity contribution < 1.29 is 24.2 Å². The number of aliphatic carboxylic acids is 1. The average molecular weight is 395 g/mol. The van der Waals surface area contributed by atoms with Gasteiger partial charge in [0, 0.05) is 24.5 Å². The van der Waals surface area contributed by atoms with Crippen LogP contribution in [0.1, 0.15) is 36.3 Å². The number of hydrogen-bond acceptors (Lipinski definition) is 4. The number of carbonyl (C=O) groups excluding carboxylic acids is 1. The number of nitrogens with one attached hydrogen (secondary N) is 1. The Hall–Kier alpha value is -2.86. The van der Waals surface area contributed by atoms with E-state index in [9.17, 15) is 14.7 Å². The lowest BCUT2D eigenvalue weighted by Gasteiger charge is -2.29. The van der Waals surface area contributed by atoms with Crippen LogP contribution in [0.15, 0.2) is 48.5 Å². The molecule has 152 valence electrons.